The van der Waals surface area contributed by atoms with Gasteiger partial charge in [-0.1, -0.05) is 18.2 Å². The van der Waals surface area contributed by atoms with Gasteiger partial charge in [-0.3, -0.25) is 0 Å². The molecule has 1 aromatic carbocycles. The molecule has 0 radical (unpaired) electrons. The number of fused-ring (bicyclic) bond motifs is 1. The SMILES string of the molecule is Cn1cc(-c2cc(C(=O)O)ncn2)c2ccccc21. The van der Waals surface area contributed by atoms with Gasteiger partial charge in [-0.15, -0.1) is 0 Å². The summed E-state index contributed by atoms with van der Waals surface area (Å²) in [5.74, 6) is -1.05. The number of hydrogen-bond acceptors (Lipinski definition) is 3. The molecule has 0 spiro atoms. The van der Waals surface area contributed by atoms with Gasteiger partial charge < -0.3 is 9.67 Å². The molecule has 2 aromatic heterocycles. The van der Waals surface area contributed by atoms with Gasteiger partial charge >= 0.3 is 5.97 Å². The zero-order valence-corrected chi connectivity index (χ0v) is 10.2. The van der Waals surface area contributed by atoms with E-state index >= 15 is 0 Å². The summed E-state index contributed by atoms with van der Waals surface area (Å²) in [5.41, 5.74) is 2.60. The lowest BCUT2D eigenvalue weighted by Gasteiger charge is -1.99. The molecule has 0 saturated carbocycles. The molecule has 3 aromatic rings. The minimum Gasteiger partial charge on any atom is -0.477 e. The molecule has 1 N–H and O–H groups in total. The number of carboxylic acid groups (broad SMARTS) is 1. The lowest BCUT2D eigenvalue weighted by atomic mass is 10.1. The van der Waals surface area contributed by atoms with Crippen LogP contribution in [0, 0.1) is 0 Å². The second-order valence-electron chi connectivity index (χ2n) is 4.26. The van der Waals surface area contributed by atoms with Crippen molar-refractivity contribution < 1.29 is 9.90 Å². The second-order valence-corrected chi connectivity index (χ2v) is 4.26. The van der Waals surface area contributed by atoms with Gasteiger partial charge in [-0.2, -0.15) is 0 Å². The molecule has 0 aliphatic rings. The van der Waals surface area contributed by atoms with E-state index in [0.29, 0.717) is 5.69 Å². The summed E-state index contributed by atoms with van der Waals surface area (Å²) in [5, 5.41) is 10.0. The van der Waals surface area contributed by atoms with Crippen molar-refractivity contribution in [1.82, 2.24) is 14.5 Å². The molecule has 0 aliphatic heterocycles. The van der Waals surface area contributed by atoms with Crippen LogP contribution in [0.15, 0.2) is 42.9 Å². The number of para-hydroxylation sites is 1. The molecular weight excluding hydrogens is 242 g/mol. The number of benzene rings is 1. The summed E-state index contributed by atoms with van der Waals surface area (Å²) in [6.45, 7) is 0. The largest absolute Gasteiger partial charge is 0.477 e. The Kier molecular flexibility index (Phi) is 2.52. The van der Waals surface area contributed by atoms with E-state index in [-0.39, 0.29) is 5.69 Å². The first-order valence-electron chi connectivity index (χ1n) is 5.76. The van der Waals surface area contributed by atoms with Crippen molar-refractivity contribution in [3.63, 3.8) is 0 Å². The van der Waals surface area contributed by atoms with Crippen molar-refractivity contribution in [3.8, 4) is 11.3 Å². The summed E-state index contributed by atoms with van der Waals surface area (Å²) in [7, 11) is 1.95. The molecule has 0 amide bonds. The number of carboxylic acids is 1. The van der Waals surface area contributed by atoms with E-state index in [1.54, 1.807) is 0 Å². The molecule has 94 valence electrons. The van der Waals surface area contributed by atoms with E-state index < -0.39 is 5.97 Å². The van der Waals surface area contributed by atoms with Gasteiger partial charge in [0.05, 0.1) is 5.69 Å². The first kappa shape index (κ1) is 11.4. The number of nitrogens with zero attached hydrogens (tertiary/aromatic N) is 3. The van der Waals surface area contributed by atoms with Crippen LogP contribution < -0.4 is 0 Å². The van der Waals surface area contributed by atoms with Crippen LogP contribution in [0.5, 0.6) is 0 Å². The Hall–Kier alpha value is -2.69. The fourth-order valence-electron chi connectivity index (χ4n) is 2.17. The highest BCUT2D eigenvalue weighted by Crippen LogP contribution is 2.28. The number of aryl methyl sites for hydroxylation is 1. The highest BCUT2D eigenvalue weighted by Gasteiger charge is 2.12. The van der Waals surface area contributed by atoms with Crippen molar-refractivity contribution in [3.05, 3.63) is 48.5 Å². The van der Waals surface area contributed by atoms with E-state index in [2.05, 4.69) is 9.97 Å². The topological polar surface area (TPSA) is 68.0 Å². The minimum atomic E-state index is -1.05. The average Bonchev–Trinajstić information content (AvgIpc) is 2.77. The Bertz CT molecular complexity index is 777. The van der Waals surface area contributed by atoms with E-state index in [0.717, 1.165) is 16.5 Å². The molecule has 0 aliphatic carbocycles. The highest BCUT2D eigenvalue weighted by atomic mass is 16.4. The van der Waals surface area contributed by atoms with Gasteiger partial charge in [0.2, 0.25) is 0 Å². The minimum absolute atomic E-state index is 0.00191. The lowest BCUT2D eigenvalue weighted by molar-refractivity contribution is 0.0690. The third-order valence-corrected chi connectivity index (χ3v) is 3.06. The second kappa shape index (κ2) is 4.20. The van der Waals surface area contributed by atoms with Gasteiger partial charge in [-0.05, 0) is 12.1 Å². The quantitative estimate of drug-likeness (QED) is 0.761. The normalized spacial score (nSPS) is 10.8. The van der Waals surface area contributed by atoms with Gasteiger partial charge in [-0.25, -0.2) is 14.8 Å². The van der Waals surface area contributed by atoms with Crippen LogP contribution in [0.25, 0.3) is 22.2 Å². The Morgan fingerprint density at radius 2 is 2.05 bits per heavy atom. The van der Waals surface area contributed by atoms with Crippen LogP contribution in [-0.4, -0.2) is 25.6 Å². The van der Waals surface area contributed by atoms with Crippen LogP contribution in [0.3, 0.4) is 0 Å². The fraction of sp³-hybridized carbons (Fsp3) is 0.0714. The third kappa shape index (κ3) is 1.85. The van der Waals surface area contributed by atoms with E-state index in [1.165, 1.54) is 12.4 Å². The summed E-state index contributed by atoms with van der Waals surface area (Å²) >= 11 is 0. The molecule has 5 heteroatoms. The summed E-state index contributed by atoms with van der Waals surface area (Å²) in [6, 6.07) is 9.41. The molecule has 0 saturated heterocycles. The van der Waals surface area contributed by atoms with Crippen LogP contribution in [-0.2, 0) is 7.05 Å². The fourth-order valence-corrected chi connectivity index (χ4v) is 2.17. The van der Waals surface area contributed by atoms with Crippen molar-refractivity contribution in [2.45, 2.75) is 0 Å². The first-order valence-corrected chi connectivity index (χ1v) is 5.76. The molecular formula is C14H11N3O2. The zero-order valence-electron chi connectivity index (χ0n) is 10.2. The van der Waals surface area contributed by atoms with Gasteiger partial charge in [0.25, 0.3) is 0 Å². The van der Waals surface area contributed by atoms with E-state index in [1.807, 2.05) is 42.1 Å². The number of aromatic carboxylic acids is 1. The smallest absolute Gasteiger partial charge is 0.354 e. The molecule has 0 bridgehead atoms. The van der Waals surface area contributed by atoms with Crippen LogP contribution in [0.4, 0.5) is 0 Å². The molecule has 5 nitrogen and oxygen atoms in total. The number of carbonyl (C=O) groups is 1. The predicted molar refractivity (Wildman–Crippen MR) is 70.9 cm³/mol. The monoisotopic (exact) mass is 253 g/mol. The van der Waals surface area contributed by atoms with Crippen LogP contribution in [0.1, 0.15) is 10.5 Å². The van der Waals surface area contributed by atoms with Gasteiger partial charge in [0, 0.05) is 29.7 Å². The maximum absolute atomic E-state index is 11.0. The van der Waals surface area contributed by atoms with Crippen LogP contribution in [0.2, 0.25) is 0 Å². The summed E-state index contributed by atoms with van der Waals surface area (Å²) in [4.78, 5) is 18.9. The Labute approximate surface area is 109 Å². The standard InChI is InChI=1S/C14H11N3O2/c1-17-7-10(9-4-2-3-5-13(9)17)11-6-12(14(18)19)16-8-15-11/h2-8H,1H3,(H,18,19). The highest BCUT2D eigenvalue weighted by molar-refractivity contribution is 5.96. The van der Waals surface area contributed by atoms with Gasteiger partial charge in [0.15, 0.2) is 5.69 Å². The maximum atomic E-state index is 11.0. The Balaban J connectivity index is 2.25. The molecule has 0 unspecified atom stereocenters. The number of hydrogen-bond donors (Lipinski definition) is 1. The van der Waals surface area contributed by atoms with Crippen molar-refractivity contribution in [2.75, 3.05) is 0 Å². The van der Waals surface area contributed by atoms with E-state index in [9.17, 15) is 4.79 Å². The van der Waals surface area contributed by atoms with E-state index in [4.69, 9.17) is 5.11 Å². The molecule has 0 atom stereocenters. The molecule has 2 heterocycles. The lowest BCUT2D eigenvalue weighted by Crippen LogP contribution is -2.01. The van der Waals surface area contributed by atoms with Gasteiger partial charge in [0.1, 0.15) is 6.33 Å². The number of aromatic nitrogens is 3. The van der Waals surface area contributed by atoms with Crippen molar-refractivity contribution in [1.29, 1.82) is 0 Å². The average molecular weight is 253 g/mol. The third-order valence-electron chi connectivity index (χ3n) is 3.06. The zero-order chi connectivity index (χ0) is 13.4. The summed E-state index contributed by atoms with van der Waals surface area (Å²) in [6.07, 6.45) is 3.22. The summed E-state index contributed by atoms with van der Waals surface area (Å²) < 4.78 is 1.99. The van der Waals surface area contributed by atoms with Crippen molar-refractivity contribution in [2.24, 2.45) is 7.05 Å². The molecule has 0 fully saturated rings. The first-order chi connectivity index (χ1) is 9.16. The number of rotatable bonds is 2. The predicted octanol–water partition coefficient (Wildman–Crippen LogP) is 2.33. The Morgan fingerprint density at radius 3 is 2.84 bits per heavy atom. The molecule has 3 rings (SSSR count). The molecule has 19 heavy (non-hydrogen) atoms. The van der Waals surface area contributed by atoms with Crippen molar-refractivity contribution >= 4 is 16.9 Å². The Morgan fingerprint density at radius 1 is 1.26 bits per heavy atom. The van der Waals surface area contributed by atoms with Crippen LogP contribution >= 0.6 is 0 Å². The maximum Gasteiger partial charge on any atom is 0.354 e.